The Morgan fingerprint density at radius 3 is 2.25 bits per heavy atom. The summed E-state index contributed by atoms with van der Waals surface area (Å²) in [4.78, 5) is 12.5. The maximum absolute atomic E-state index is 12.5. The molecule has 1 fully saturated rings. The highest BCUT2D eigenvalue weighted by atomic mass is 16.1. The van der Waals surface area contributed by atoms with E-state index in [2.05, 4.69) is 13.8 Å². The quantitative estimate of drug-likeness (QED) is 0.696. The average Bonchev–Trinajstić information content (AvgIpc) is 2.83. The number of Topliss-reactive ketones (excluding diaryl/α,β-unsaturated/α-hetero) is 1. The lowest BCUT2D eigenvalue weighted by Crippen LogP contribution is -2.31. The smallest absolute Gasteiger partial charge is 0.168 e. The monoisotopic (exact) mass is 216 g/mol. The van der Waals surface area contributed by atoms with Gasteiger partial charge in [0, 0.05) is 11.0 Å². The van der Waals surface area contributed by atoms with Gasteiger partial charge in [0.2, 0.25) is 0 Å². The van der Waals surface area contributed by atoms with Crippen LogP contribution < -0.4 is 0 Å². The Labute approximate surface area is 97.9 Å². The van der Waals surface area contributed by atoms with Gasteiger partial charge in [-0.2, -0.15) is 0 Å². The van der Waals surface area contributed by atoms with E-state index in [1.165, 1.54) is 25.7 Å². The fourth-order valence-corrected chi connectivity index (χ4v) is 2.79. The van der Waals surface area contributed by atoms with Gasteiger partial charge in [-0.25, -0.2) is 0 Å². The van der Waals surface area contributed by atoms with E-state index in [-0.39, 0.29) is 5.41 Å². The molecule has 0 radical (unpaired) electrons. The van der Waals surface area contributed by atoms with E-state index in [9.17, 15) is 4.79 Å². The lowest BCUT2D eigenvalue weighted by molar-refractivity contribution is 0.0746. The summed E-state index contributed by atoms with van der Waals surface area (Å²) in [5.41, 5.74) is 0.664. The number of carbonyl (C=O) groups excluding carboxylic acids is 1. The maximum atomic E-state index is 12.5. The summed E-state index contributed by atoms with van der Waals surface area (Å²) in [7, 11) is 0. The van der Waals surface area contributed by atoms with E-state index in [0.29, 0.717) is 11.7 Å². The predicted octanol–water partition coefficient (Wildman–Crippen LogP) is 4.09. The molecule has 0 aromatic heterocycles. The molecule has 1 heteroatoms. The Morgan fingerprint density at radius 1 is 1.12 bits per heavy atom. The first-order chi connectivity index (χ1) is 7.62. The topological polar surface area (TPSA) is 17.1 Å². The third-order valence-electron chi connectivity index (χ3n) is 4.00. The maximum Gasteiger partial charge on any atom is 0.168 e. The van der Waals surface area contributed by atoms with Crippen molar-refractivity contribution in [2.45, 2.75) is 39.5 Å². The molecule has 1 aromatic rings. The SMILES string of the molecule is CC(C)(C(=O)c1ccccc1)C1CCCC1. The van der Waals surface area contributed by atoms with E-state index >= 15 is 0 Å². The molecule has 0 atom stereocenters. The van der Waals surface area contributed by atoms with E-state index in [0.717, 1.165) is 5.56 Å². The second kappa shape index (κ2) is 4.40. The van der Waals surface area contributed by atoms with E-state index < -0.39 is 0 Å². The summed E-state index contributed by atoms with van der Waals surface area (Å²) in [6.07, 6.45) is 5.00. The third-order valence-corrected chi connectivity index (χ3v) is 4.00. The Bertz CT molecular complexity index is 358. The molecule has 2 rings (SSSR count). The number of hydrogen-bond donors (Lipinski definition) is 0. The summed E-state index contributed by atoms with van der Waals surface area (Å²) in [5.74, 6) is 0.875. The molecule has 0 amide bonds. The van der Waals surface area contributed by atoms with Gasteiger partial charge in [0.05, 0.1) is 0 Å². The number of rotatable bonds is 3. The zero-order valence-electron chi connectivity index (χ0n) is 10.2. The molecule has 86 valence electrons. The molecule has 0 unspecified atom stereocenters. The van der Waals surface area contributed by atoms with Crippen LogP contribution in [0.25, 0.3) is 0 Å². The van der Waals surface area contributed by atoms with Gasteiger partial charge in [0.1, 0.15) is 0 Å². The summed E-state index contributed by atoms with van der Waals surface area (Å²) >= 11 is 0. The minimum atomic E-state index is -0.197. The van der Waals surface area contributed by atoms with Gasteiger partial charge in [-0.1, -0.05) is 57.0 Å². The molecule has 1 aromatic carbocycles. The molecule has 0 N–H and O–H groups in total. The second-order valence-electron chi connectivity index (χ2n) is 5.40. The molecule has 0 bridgehead atoms. The zero-order valence-corrected chi connectivity index (χ0v) is 10.2. The number of benzene rings is 1. The summed E-state index contributed by atoms with van der Waals surface area (Å²) in [6.45, 7) is 4.22. The van der Waals surface area contributed by atoms with Crippen molar-refractivity contribution in [3.8, 4) is 0 Å². The zero-order chi connectivity index (χ0) is 11.6. The normalized spacial score (nSPS) is 17.6. The molecule has 0 heterocycles. The van der Waals surface area contributed by atoms with Crippen molar-refractivity contribution in [3.63, 3.8) is 0 Å². The van der Waals surface area contributed by atoms with E-state index in [4.69, 9.17) is 0 Å². The average molecular weight is 216 g/mol. The van der Waals surface area contributed by atoms with Crippen LogP contribution in [0.3, 0.4) is 0 Å². The Kier molecular flexibility index (Phi) is 3.13. The number of hydrogen-bond acceptors (Lipinski definition) is 1. The van der Waals surface area contributed by atoms with Crippen LogP contribution in [0.5, 0.6) is 0 Å². The fourth-order valence-electron chi connectivity index (χ4n) is 2.79. The first kappa shape index (κ1) is 11.4. The lowest BCUT2D eigenvalue weighted by atomic mass is 9.72. The van der Waals surface area contributed by atoms with Crippen molar-refractivity contribution < 1.29 is 4.79 Å². The number of carbonyl (C=O) groups is 1. The first-order valence-corrected chi connectivity index (χ1v) is 6.22. The highest BCUT2D eigenvalue weighted by Gasteiger charge is 2.38. The highest BCUT2D eigenvalue weighted by Crippen LogP contribution is 2.41. The van der Waals surface area contributed by atoms with Crippen LogP contribution in [0, 0.1) is 11.3 Å². The van der Waals surface area contributed by atoms with Gasteiger partial charge in [0.15, 0.2) is 5.78 Å². The highest BCUT2D eigenvalue weighted by molar-refractivity contribution is 6.00. The molecular formula is C15H20O. The van der Waals surface area contributed by atoms with Crippen molar-refractivity contribution in [1.82, 2.24) is 0 Å². The largest absolute Gasteiger partial charge is 0.294 e. The molecule has 1 aliphatic rings. The summed E-state index contributed by atoms with van der Waals surface area (Å²) in [5, 5.41) is 0. The van der Waals surface area contributed by atoms with Crippen LogP contribution >= 0.6 is 0 Å². The second-order valence-corrected chi connectivity index (χ2v) is 5.40. The van der Waals surface area contributed by atoms with Crippen molar-refractivity contribution in [2.24, 2.45) is 11.3 Å². The van der Waals surface area contributed by atoms with E-state index in [1.54, 1.807) is 0 Å². The number of ketones is 1. The van der Waals surface area contributed by atoms with Crippen molar-refractivity contribution in [3.05, 3.63) is 35.9 Å². The lowest BCUT2D eigenvalue weighted by Gasteiger charge is -2.30. The van der Waals surface area contributed by atoms with E-state index in [1.807, 2.05) is 30.3 Å². The Hall–Kier alpha value is -1.11. The van der Waals surface area contributed by atoms with Crippen LogP contribution in [0.2, 0.25) is 0 Å². The van der Waals surface area contributed by atoms with Gasteiger partial charge < -0.3 is 0 Å². The summed E-state index contributed by atoms with van der Waals surface area (Å²) < 4.78 is 0. The molecule has 0 saturated heterocycles. The van der Waals surface area contributed by atoms with Crippen LogP contribution in [-0.2, 0) is 0 Å². The standard InChI is InChI=1S/C15H20O/c1-15(2,13-10-6-7-11-13)14(16)12-8-4-3-5-9-12/h3-5,8-9,13H,6-7,10-11H2,1-2H3. The molecular weight excluding hydrogens is 196 g/mol. The van der Waals surface area contributed by atoms with Crippen LogP contribution in [0.15, 0.2) is 30.3 Å². The molecule has 0 aliphatic heterocycles. The molecule has 1 aliphatic carbocycles. The third kappa shape index (κ3) is 2.04. The van der Waals surface area contributed by atoms with Crippen molar-refractivity contribution >= 4 is 5.78 Å². The molecule has 16 heavy (non-hydrogen) atoms. The Balaban J connectivity index is 2.20. The van der Waals surface area contributed by atoms with Crippen LogP contribution in [0.4, 0.5) is 0 Å². The molecule has 1 saturated carbocycles. The van der Waals surface area contributed by atoms with Gasteiger partial charge in [-0.3, -0.25) is 4.79 Å². The van der Waals surface area contributed by atoms with Crippen LogP contribution in [0.1, 0.15) is 49.9 Å². The van der Waals surface area contributed by atoms with Crippen molar-refractivity contribution in [1.29, 1.82) is 0 Å². The summed E-state index contributed by atoms with van der Waals surface area (Å²) in [6, 6.07) is 9.70. The molecule has 1 nitrogen and oxygen atoms in total. The Morgan fingerprint density at radius 2 is 1.69 bits per heavy atom. The van der Waals surface area contributed by atoms with Gasteiger partial charge in [0.25, 0.3) is 0 Å². The van der Waals surface area contributed by atoms with Crippen LogP contribution in [-0.4, -0.2) is 5.78 Å². The fraction of sp³-hybridized carbons (Fsp3) is 0.533. The predicted molar refractivity (Wildman–Crippen MR) is 66.5 cm³/mol. The minimum Gasteiger partial charge on any atom is -0.294 e. The van der Waals surface area contributed by atoms with Crippen molar-refractivity contribution in [2.75, 3.05) is 0 Å². The van der Waals surface area contributed by atoms with Gasteiger partial charge in [-0.05, 0) is 18.8 Å². The first-order valence-electron chi connectivity index (χ1n) is 6.22. The minimum absolute atomic E-state index is 0.197. The molecule has 0 spiro atoms. The van der Waals surface area contributed by atoms with Gasteiger partial charge in [-0.15, -0.1) is 0 Å². The van der Waals surface area contributed by atoms with Gasteiger partial charge >= 0.3 is 0 Å².